The summed E-state index contributed by atoms with van der Waals surface area (Å²) in [5.74, 6) is 0. The van der Waals surface area contributed by atoms with Crippen LogP contribution in [0.1, 0.15) is 0 Å². The fourth-order valence-electron chi connectivity index (χ4n) is 0. The normalized spacial score (nSPS) is 0. The van der Waals surface area contributed by atoms with E-state index in [2.05, 4.69) is 0 Å². The summed E-state index contributed by atoms with van der Waals surface area (Å²) in [5, 5.41) is 0. The molecule has 0 nitrogen and oxygen atoms in total. The van der Waals surface area contributed by atoms with Gasteiger partial charge in [-0.1, -0.05) is 0 Å². The van der Waals surface area contributed by atoms with Gasteiger partial charge >= 0.3 is 0 Å². The predicted octanol–water partition coefficient (Wildman–Crippen LogP) is -0.764. The standard InChI is InChI=1S/Er.Ge.Pt.Si. The Morgan fingerprint density at radius 2 is 1.00 bits per heavy atom. The summed E-state index contributed by atoms with van der Waals surface area (Å²) >= 11 is 0. The molecule has 0 spiro atoms. The van der Waals surface area contributed by atoms with Gasteiger partial charge in [-0.25, -0.2) is 0 Å². The largest absolute Gasteiger partial charge is 0 e. The second kappa shape index (κ2) is 17.3. The molecule has 0 heterocycles. The van der Waals surface area contributed by atoms with E-state index in [4.69, 9.17) is 0 Å². The molecule has 0 N–H and O–H groups in total. The van der Waals surface area contributed by atoms with Crippen LogP contribution >= 0.6 is 0 Å². The molecule has 30 valence electrons. The van der Waals surface area contributed by atoms with Gasteiger partial charge in [-0.2, -0.15) is 0 Å². The molecule has 0 saturated carbocycles. The van der Waals surface area contributed by atoms with Crippen molar-refractivity contribution in [1.82, 2.24) is 0 Å². The maximum absolute atomic E-state index is 0. The van der Waals surface area contributed by atoms with Gasteiger partial charge < -0.3 is 0 Å². The molecule has 0 aliphatic heterocycles. The summed E-state index contributed by atoms with van der Waals surface area (Å²) in [6.07, 6.45) is 0. The van der Waals surface area contributed by atoms with E-state index >= 15 is 0 Å². The quantitative estimate of drug-likeness (QED) is 0.415. The van der Waals surface area contributed by atoms with Crippen molar-refractivity contribution in [3.8, 4) is 0 Å². The van der Waals surface area contributed by atoms with Crippen LogP contribution in [0.15, 0.2) is 0 Å². The van der Waals surface area contributed by atoms with Crippen LogP contribution in [-0.2, 0) is 21.1 Å². The smallest absolute Gasteiger partial charge is 0 e. The van der Waals surface area contributed by atoms with E-state index in [-0.39, 0.29) is 86.9 Å². The molecule has 8 radical (unpaired) electrons. The van der Waals surface area contributed by atoms with Gasteiger partial charge in [-0.15, -0.1) is 0 Å². The van der Waals surface area contributed by atoms with E-state index in [0.717, 1.165) is 0 Å². The van der Waals surface area contributed by atoms with Gasteiger partial charge in [-0.3, -0.25) is 0 Å². The maximum atomic E-state index is 0. The molecule has 0 aromatic heterocycles. The van der Waals surface area contributed by atoms with Crippen molar-refractivity contribution in [3.63, 3.8) is 0 Å². The zero-order valence-corrected chi connectivity index (χ0v) is 8.83. The van der Waals surface area contributed by atoms with E-state index in [1.54, 1.807) is 0 Å². The molecular formula is ErGePtSi. The molecule has 4 heteroatoms. The summed E-state index contributed by atoms with van der Waals surface area (Å²) in [5.41, 5.74) is 0. The predicted molar refractivity (Wildman–Crippen MR) is 11.5 cm³/mol. The minimum Gasteiger partial charge on any atom is 0 e. The minimum absolute atomic E-state index is 0. The molecule has 0 fully saturated rings. The Morgan fingerprint density at radius 3 is 1.00 bits per heavy atom. The first-order valence-corrected chi connectivity index (χ1v) is 0. The molecule has 0 aliphatic rings. The first-order valence-electron chi connectivity index (χ1n) is 0. The molecule has 0 unspecified atom stereocenters. The zero-order chi connectivity index (χ0) is 0. The Balaban J connectivity index is 0. The van der Waals surface area contributed by atoms with E-state index in [1.807, 2.05) is 0 Å². The molecule has 0 rings (SSSR count). The average molecular weight is 463 g/mol. The molecule has 4 heavy (non-hydrogen) atoms. The second-order valence-electron chi connectivity index (χ2n) is 0. The van der Waals surface area contributed by atoms with Crippen LogP contribution in [0.4, 0.5) is 0 Å². The van der Waals surface area contributed by atoms with E-state index in [1.165, 1.54) is 0 Å². The van der Waals surface area contributed by atoms with E-state index in [0.29, 0.717) is 0 Å². The van der Waals surface area contributed by atoms with Gasteiger partial charge in [0.05, 0.1) is 0 Å². The summed E-state index contributed by atoms with van der Waals surface area (Å²) in [6, 6.07) is 0. The number of hydrogen-bond donors (Lipinski definition) is 0. The number of hydrogen-bond acceptors (Lipinski definition) is 0. The molecular weight excluding hydrogens is 463 g/mol. The van der Waals surface area contributed by atoms with E-state index in [9.17, 15) is 0 Å². The third kappa shape index (κ3) is 8.83. The Labute approximate surface area is 85.3 Å². The van der Waals surface area contributed by atoms with Crippen molar-refractivity contribution in [2.75, 3.05) is 0 Å². The minimum atomic E-state index is 0. The summed E-state index contributed by atoms with van der Waals surface area (Å²) < 4.78 is 0. The van der Waals surface area contributed by atoms with E-state index < -0.39 is 0 Å². The van der Waals surface area contributed by atoms with Crippen molar-refractivity contribution >= 4 is 28.6 Å². The van der Waals surface area contributed by atoms with Crippen LogP contribution in [0.5, 0.6) is 0 Å². The van der Waals surface area contributed by atoms with Gasteiger partial charge in [0.1, 0.15) is 0 Å². The third-order valence-corrected chi connectivity index (χ3v) is 0. The first-order chi connectivity index (χ1) is 0. The van der Waals surface area contributed by atoms with Crippen LogP contribution in [0.3, 0.4) is 0 Å². The van der Waals surface area contributed by atoms with Crippen LogP contribution < -0.4 is 0 Å². The van der Waals surface area contributed by atoms with Crippen LogP contribution in [0, 0.1) is 37.3 Å². The molecule has 0 saturated heterocycles. The first kappa shape index (κ1) is 29.9. The Kier molecular flexibility index (Phi) is 129. The molecule has 0 amide bonds. The number of rotatable bonds is 0. The van der Waals surface area contributed by atoms with Gasteiger partial charge in [-0.05, 0) is 0 Å². The average Bonchev–Trinajstić information content (AvgIpc) is 0. The van der Waals surface area contributed by atoms with Crippen molar-refractivity contribution < 1.29 is 58.4 Å². The van der Waals surface area contributed by atoms with Crippen molar-refractivity contribution in [1.29, 1.82) is 0 Å². The van der Waals surface area contributed by atoms with Gasteiger partial charge in [0.25, 0.3) is 0 Å². The molecule has 0 bridgehead atoms. The Morgan fingerprint density at radius 1 is 1.00 bits per heavy atom. The van der Waals surface area contributed by atoms with Crippen molar-refractivity contribution in [3.05, 3.63) is 0 Å². The SMILES string of the molecule is [Er].[Ge].[Pt].[Si]. The van der Waals surface area contributed by atoms with Crippen LogP contribution in [0.25, 0.3) is 0 Å². The fourth-order valence-corrected chi connectivity index (χ4v) is 0. The fraction of sp³-hybridized carbons (Fsp3) is 0. The molecule has 0 aromatic carbocycles. The van der Waals surface area contributed by atoms with Gasteiger partial charge in [0.15, 0.2) is 0 Å². The second-order valence-corrected chi connectivity index (χ2v) is 0. The third-order valence-electron chi connectivity index (χ3n) is 0. The molecule has 0 aliphatic carbocycles. The summed E-state index contributed by atoms with van der Waals surface area (Å²) in [4.78, 5) is 0. The van der Waals surface area contributed by atoms with Crippen molar-refractivity contribution in [2.24, 2.45) is 0 Å². The maximum Gasteiger partial charge on any atom is 0 e. The topological polar surface area (TPSA) is 0 Å². The Bertz CT molecular complexity index is 8.00. The summed E-state index contributed by atoms with van der Waals surface area (Å²) in [6.45, 7) is 0. The van der Waals surface area contributed by atoms with Crippen LogP contribution in [0.2, 0.25) is 0 Å². The van der Waals surface area contributed by atoms with Gasteiger partial charge in [0, 0.05) is 86.9 Å². The monoisotopic (exact) mass is 463 g/mol. The van der Waals surface area contributed by atoms with Gasteiger partial charge in [0.2, 0.25) is 0 Å². The van der Waals surface area contributed by atoms with Crippen molar-refractivity contribution in [2.45, 2.75) is 0 Å². The molecule has 0 atom stereocenters. The Hall–Kier alpha value is 2.69. The zero-order valence-electron chi connectivity index (χ0n) is 1.60. The molecule has 0 aromatic rings. The summed E-state index contributed by atoms with van der Waals surface area (Å²) in [7, 11) is 0. The van der Waals surface area contributed by atoms with Crippen LogP contribution in [-0.4, -0.2) is 28.6 Å².